The van der Waals surface area contributed by atoms with E-state index in [1.807, 2.05) is 13.0 Å². The van der Waals surface area contributed by atoms with Gasteiger partial charge in [0.25, 0.3) is 0 Å². The first kappa shape index (κ1) is 18.0. The van der Waals surface area contributed by atoms with Crippen molar-refractivity contribution in [3.05, 3.63) is 35.1 Å². The van der Waals surface area contributed by atoms with Crippen LogP contribution in [-0.2, 0) is 0 Å². The highest BCUT2D eigenvalue weighted by molar-refractivity contribution is 5.26. The Morgan fingerprint density at radius 2 is 1.46 bits per heavy atom. The summed E-state index contributed by atoms with van der Waals surface area (Å²) in [5.41, 5.74) is 2.00. The van der Waals surface area contributed by atoms with Crippen LogP contribution in [0.25, 0.3) is 0 Å². The fourth-order valence-corrected chi connectivity index (χ4v) is 4.99. The zero-order valence-electron chi connectivity index (χ0n) is 15.5. The van der Waals surface area contributed by atoms with Crippen LogP contribution in [0, 0.1) is 24.6 Å². The second kappa shape index (κ2) is 9.02. The molecule has 2 saturated carbocycles. The lowest BCUT2D eigenvalue weighted by atomic mass is 9.76. The summed E-state index contributed by atoms with van der Waals surface area (Å²) in [7, 11) is 0. The quantitative estimate of drug-likeness (QED) is 0.472. The summed E-state index contributed by atoms with van der Waals surface area (Å²) in [6.07, 6.45) is 18.5. The summed E-state index contributed by atoms with van der Waals surface area (Å²) in [5.74, 6) is 2.55. The lowest BCUT2D eigenvalue weighted by Crippen LogP contribution is -2.14. The first-order valence-electron chi connectivity index (χ1n) is 10.5. The second-order valence-corrected chi connectivity index (χ2v) is 8.51. The Hall–Kier alpha value is -0.850. The molecule has 2 aliphatic carbocycles. The lowest BCUT2D eigenvalue weighted by Gasteiger charge is -2.29. The van der Waals surface area contributed by atoms with Gasteiger partial charge >= 0.3 is 0 Å². The highest BCUT2D eigenvalue weighted by Gasteiger charge is 2.22. The highest BCUT2D eigenvalue weighted by Crippen LogP contribution is 2.38. The average molecular weight is 331 g/mol. The summed E-state index contributed by atoms with van der Waals surface area (Å²) in [6, 6.07) is 5.88. The molecule has 0 N–H and O–H groups in total. The van der Waals surface area contributed by atoms with Crippen LogP contribution in [0.15, 0.2) is 18.2 Å². The average Bonchev–Trinajstić information content (AvgIpc) is 2.62. The van der Waals surface area contributed by atoms with Gasteiger partial charge in [0.15, 0.2) is 0 Å². The van der Waals surface area contributed by atoms with Crippen LogP contribution >= 0.6 is 0 Å². The number of hydrogen-bond donors (Lipinski definition) is 0. The van der Waals surface area contributed by atoms with Gasteiger partial charge in [0.05, 0.1) is 0 Å². The minimum absolute atomic E-state index is 0.0302. The van der Waals surface area contributed by atoms with E-state index in [9.17, 15) is 4.39 Å². The Bertz CT molecular complexity index is 493. The molecule has 0 nitrogen and oxygen atoms in total. The van der Waals surface area contributed by atoms with E-state index in [1.165, 1.54) is 89.0 Å². The van der Waals surface area contributed by atoms with E-state index in [1.54, 1.807) is 6.07 Å². The van der Waals surface area contributed by atoms with E-state index >= 15 is 0 Å². The molecule has 0 bridgehead atoms. The molecule has 0 spiro atoms. The van der Waals surface area contributed by atoms with Crippen molar-refractivity contribution in [1.29, 1.82) is 0 Å². The molecular weight excluding hydrogens is 295 g/mol. The number of hydrogen-bond acceptors (Lipinski definition) is 0. The summed E-state index contributed by atoms with van der Waals surface area (Å²) >= 11 is 0. The van der Waals surface area contributed by atoms with Crippen LogP contribution in [-0.4, -0.2) is 0 Å². The largest absolute Gasteiger partial charge is 0.207 e. The van der Waals surface area contributed by atoms with Crippen molar-refractivity contribution in [2.24, 2.45) is 11.8 Å². The Kier molecular flexibility index (Phi) is 6.75. The Labute approximate surface area is 148 Å². The van der Waals surface area contributed by atoms with Crippen LogP contribution in [0.3, 0.4) is 0 Å². The summed E-state index contributed by atoms with van der Waals surface area (Å²) < 4.78 is 13.8. The van der Waals surface area contributed by atoms with E-state index in [4.69, 9.17) is 0 Å². The van der Waals surface area contributed by atoms with Gasteiger partial charge in [-0.1, -0.05) is 69.9 Å². The van der Waals surface area contributed by atoms with Crippen LogP contribution < -0.4 is 0 Å². The van der Waals surface area contributed by atoms with Gasteiger partial charge in [-0.2, -0.15) is 0 Å². The van der Waals surface area contributed by atoms with E-state index < -0.39 is 0 Å². The molecule has 0 unspecified atom stereocenters. The molecule has 2 aliphatic rings. The van der Waals surface area contributed by atoms with Crippen molar-refractivity contribution in [2.45, 2.75) is 96.3 Å². The fourth-order valence-electron chi connectivity index (χ4n) is 4.99. The fraction of sp³-hybridized carbons (Fsp3) is 0.739. The normalized spacial score (nSPS) is 25.8. The van der Waals surface area contributed by atoms with Crippen LogP contribution in [0.4, 0.5) is 4.39 Å². The van der Waals surface area contributed by atoms with Gasteiger partial charge in [0, 0.05) is 0 Å². The molecule has 1 aromatic rings. The Balaban J connectivity index is 1.33. The molecule has 0 saturated heterocycles. The van der Waals surface area contributed by atoms with Crippen molar-refractivity contribution in [1.82, 2.24) is 0 Å². The van der Waals surface area contributed by atoms with Gasteiger partial charge in [-0.25, -0.2) is 4.39 Å². The maximum Gasteiger partial charge on any atom is 0.126 e. The number of rotatable bonds is 6. The maximum absolute atomic E-state index is 13.8. The summed E-state index contributed by atoms with van der Waals surface area (Å²) in [4.78, 5) is 0. The van der Waals surface area contributed by atoms with Crippen LogP contribution in [0.2, 0.25) is 0 Å². The number of unbranched alkanes of at least 4 members (excludes halogenated alkanes) is 1. The predicted octanol–water partition coefficient (Wildman–Crippen LogP) is 7.55. The molecule has 0 amide bonds. The molecular formula is C23H35F. The van der Waals surface area contributed by atoms with Gasteiger partial charge in [0.1, 0.15) is 5.82 Å². The van der Waals surface area contributed by atoms with E-state index in [-0.39, 0.29) is 5.82 Å². The molecule has 0 heterocycles. The van der Waals surface area contributed by atoms with E-state index in [0.717, 1.165) is 17.4 Å². The van der Waals surface area contributed by atoms with Gasteiger partial charge in [-0.15, -0.1) is 0 Å². The molecule has 0 atom stereocenters. The number of aryl methyl sites for hydroxylation is 1. The number of benzene rings is 1. The molecule has 0 radical (unpaired) electrons. The minimum Gasteiger partial charge on any atom is -0.207 e. The first-order valence-corrected chi connectivity index (χ1v) is 10.5. The van der Waals surface area contributed by atoms with Gasteiger partial charge in [-0.3, -0.25) is 0 Å². The third kappa shape index (κ3) is 5.07. The third-order valence-corrected chi connectivity index (χ3v) is 6.71. The topological polar surface area (TPSA) is 0 Å². The summed E-state index contributed by atoms with van der Waals surface area (Å²) in [6.45, 7) is 1.85. The van der Waals surface area contributed by atoms with Crippen molar-refractivity contribution in [3.8, 4) is 0 Å². The second-order valence-electron chi connectivity index (χ2n) is 8.51. The minimum atomic E-state index is -0.0302. The Morgan fingerprint density at radius 1 is 0.833 bits per heavy atom. The summed E-state index contributed by atoms with van der Waals surface area (Å²) in [5, 5.41) is 0. The van der Waals surface area contributed by atoms with Crippen molar-refractivity contribution in [3.63, 3.8) is 0 Å². The van der Waals surface area contributed by atoms with Crippen molar-refractivity contribution in [2.75, 3.05) is 0 Å². The highest BCUT2D eigenvalue weighted by atomic mass is 19.1. The molecule has 24 heavy (non-hydrogen) atoms. The Morgan fingerprint density at radius 3 is 2.08 bits per heavy atom. The van der Waals surface area contributed by atoms with Crippen LogP contribution in [0.5, 0.6) is 0 Å². The van der Waals surface area contributed by atoms with Gasteiger partial charge in [0.2, 0.25) is 0 Å². The monoisotopic (exact) mass is 330 g/mol. The molecule has 134 valence electrons. The standard InChI is InChI=1S/C23H35F/c1-18-11-14-22(17-23(18)24)21-15-12-20(13-16-21)10-6-5-9-19-7-3-2-4-8-19/h11,14,17,19-21H,2-10,12-13,15-16H2,1H3. The van der Waals surface area contributed by atoms with Crippen molar-refractivity contribution < 1.29 is 4.39 Å². The molecule has 1 heteroatoms. The molecule has 0 aliphatic heterocycles. The molecule has 1 aromatic carbocycles. The molecule has 3 rings (SSSR count). The zero-order chi connectivity index (χ0) is 16.8. The third-order valence-electron chi connectivity index (χ3n) is 6.71. The number of halogens is 1. The van der Waals surface area contributed by atoms with E-state index in [0.29, 0.717) is 5.92 Å². The van der Waals surface area contributed by atoms with E-state index in [2.05, 4.69) is 6.07 Å². The first-order chi connectivity index (χ1) is 11.7. The molecule has 0 aromatic heterocycles. The smallest absolute Gasteiger partial charge is 0.126 e. The van der Waals surface area contributed by atoms with Crippen molar-refractivity contribution >= 4 is 0 Å². The lowest BCUT2D eigenvalue weighted by molar-refractivity contribution is 0.288. The SMILES string of the molecule is Cc1ccc(C2CCC(CCCCC3CCCCC3)CC2)cc1F. The predicted molar refractivity (Wildman–Crippen MR) is 101 cm³/mol. The zero-order valence-corrected chi connectivity index (χ0v) is 15.5. The molecule has 2 fully saturated rings. The van der Waals surface area contributed by atoms with Gasteiger partial charge in [-0.05, 0) is 67.6 Å². The van der Waals surface area contributed by atoms with Crippen LogP contribution in [0.1, 0.15) is 101 Å². The maximum atomic E-state index is 13.8. The van der Waals surface area contributed by atoms with Gasteiger partial charge < -0.3 is 0 Å².